The SMILES string of the molecule is CC1(C(=O)O)CCC2(CCN(C(=O)O)CC2=O)C1. The normalized spacial score (nSPS) is 36.1. The van der Waals surface area contributed by atoms with E-state index in [-0.39, 0.29) is 12.3 Å². The van der Waals surface area contributed by atoms with E-state index in [1.54, 1.807) is 6.92 Å². The molecule has 0 aromatic heterocycles. The van der Waals surface area contributed by atoms with Crippen molar-refractivity contribution in [3.63, 3.8) is 0 Å². The summed E-state index contributed by atoms with van der Waals surface area (Å²) in [5.74, 6) is -0.992. The van der Waals surface area contributed by atoms with Crippen LogP contribution in [0, 0.1) is 10.8 Å². The summed E-state index contributed by atoms with van der Waals surface area (Å²) in [6, 6.07) is 0. The third-order valence-corrected chi connectivity index (χ3v) is 4.46. The molecule has 2 rings (SSSR count). The summed E-state index contributed by atoms with van der Waals surface area (Å²) in [6.07, 6.45) is 0.739. The highest BCUT2D eigenvalue weighted by Gasteiger charge is 2.54. The van der Waals surface area contributed by atoms with Gasteiger partial charge >= 0.3 is 12.1 Å². The molecule has 6 nitrogen and oxygen atoms in total. The molecule has 2 aliphatic rings. The van der Waals surface area contributed by atoms with Crippen LogP contribution in [0.15, 0.2) is 0 Å². The van der Waals surface area contributed by atoms with Gasteiger partial charge in [0.1, 0.15) is 0 Å². The van der Waals surface area contributed by atoms with Crippen LogP contribution < -0.4 is 0 Å². The van der Waals surface area contributed by atoms with E-state index in [4.69, 9.17) is 5.11 Å². The summed E-state index contributed by atoms with van der Waals surface area (Å²) in [7, 11) is 0. The maximum atomic E-state index is 12.1. The number of hydrogen-bond acceptors (Lipinski definition) is 3. The van der Waals surface area contributed by atoms with Crippen molar-refractivity contribution < 1.29 is 24.6 Å². The van der Waals surface area contributed by atoms with Crippen LogP contribution >= 0.6 is 0 Å². The van der Waals surface area contributed by atoms with Crippen molar-refractivity contribution in [2.45, 2.75) is 32.6 Å². The molecule has 0 aromatic rings. The van der Waals surface area contributed by atoms with E-state index in [0.29, 0.717) is 32.2 Å². The Morgan fingerprint density at radius 2 is 1.89 bits per heavy atom. The number of carboxylic acid groups (broad SMARTS) is 2. The number of hydrogen-bond donors (Lipinski definition) is 2. The summed E-state index contributed by atoms with van der Waals surface area (Å²) in [6.45, 7) is 1.88. The average Bonchev–Trinajstić information content (AvgIpc) is 2.63. The first kappa shape index (κ1) is 12.9. The lowest BCUT2D eigenvalue weighted by Gasteiger charge is -2.37. The minimum Gasteiger partial charge on any atom is -0.481 e. The minimum atomic E-state index is -1.09. The van der Waals surface area contributed by atoms with Crippen molar-refractivity contribution in [3.05, 3.63) is 0 Å². The van der Waals surface area contributed by atoms with Gasteiger partial charge in [0.15, 0.2) is 5.78 Å². The zero-order chi connectivity index (χ0) is 13.6. The average molecular weight is 255 g/mol. The van der Waals surface area contributed by atoms with E-state index in [1.165, 1.54) is 0 Å². The number of likely N-dealkylation sites (tertiary alicyclic amines) is 1. The summed E-state index contributed by atoms with van der Waals surface area (Å²) in [5, 5.41) is 18.1. The van der Waals surface area contributed by atoms with Crippen LogP contribution in [-0.4, -0.2) is 46.0 Å². The van der Waals surface area contributed by atoms with Gasteiger partial charge in [-0.3, -0.25) is 9.59 Å². The Balaban J connectivity index is 2.14. The van der Waals surface area contributed by atoms with E-state index < -0.39 is 22.9 Å². The molecular formula is C12H17NO5. The number of rotatable bonds is 1. The summed E-state index contributed by atoms with van der Waals surface area (Å²) >= 11 is 0. The van der Waals surface area contributed by atoms with E-state index in [0.717, 1.165) is 4.90 Å². The van der Waals surface area contributed by atoms with Crippen LogP contribution in [0.1, 0.15) is 32.6 Å². The number of piperidine rings is 1. The predicted molar refractivity (Wildman–Crippen MR) is 61.2 cm³/mol. The second kappa shape index (κ2) is 3.96. The van der Waals surface area contributed by atoms with Gasteiger partial charge in [0.25, 0.3) is 0 Å². The number of nitrogens with zero attached hydrogens (tertiary/aromatic N) is 1. The first-order valence-electron chi connectivity index (χ1n) is 6.04. The number of Topliss-reactive ketones (excluding diaryl/α,β-unsaturated/α-hetero) is 1. The van der Waals surface area contributed by atoms with Gasteiger partial charge in [0.05, 0.1) is 12.0 Å². The van der Waals surface area contributed by atoms with Gasteiger partial charge in [-0.2, -0.15) is 0 Å². The van der Waals surface area contributed by atoms with Crippen molar-refractivity contribution in [2.24, 2.45) is 10.8 Å². The fourth-order valence-corrected chi connectivity index (χ4v) is 3.14. The molecule has 0 bridgehead atoms. The lowest BCUT2D eigenvalue weighted by Crippen LogP contribution is -2.49. The minimum absolute atomic E-state index is 0.106. The zero-order valence-corrected chi connectivity index (χ0v) is 10.3. The van der Waals surface area contributed by atoms with E-state index in [2.05, 4.69) is 0 Å². The summed E-state index contributed by atoms with van der Waals surface area (Å²) in [5.41, 5.74) is -1.46. The van der Waals surface area contributed by atoms with Crippen LogP contribution in [0.2, 0.25) is 0 Å². The maximum Gasteiger partial charge on any atom is 0.407 e. The van der Waals surface area contributed by atoms with E-state index >= 15 is 0 Å². The van der Waals surface area contributed by atoms with Crippen molar-refractivity contribution in [2.75, 3.05) is 13.1 Å². The van der Waals surface area contributed by atoms with Crippen molar-refractivity contribution in [1.29, 1.82) is 0 Å². The molecule has 2 N–H and O–H groups in total. The van der Waals surface area contributed by atoms with Gasteiger partial charge in [-0.05, 0) is 32.6 Å². The van der Waals surface area contributed by atoms with Gasteiger partial charge in [-0.25, -0.2) is 4.79 Å². The Morgan fingerprint density at radius 1 is 1.22 bits per heavy atom. The molecular weight excluding hydrogens is 238 g/mol. The standard InChI is InChI=1S/C12H17NO5/c1-11(9(15)16)2-3-12(7-11)4-5-13(10(17)18)6-8(12)14/h2-7H2,1H3,(H,15,16)(H,17,18). The highest BCUT2D eigenvalue weighted by Crippen LogP contribution is 2.53. The Hall–Kier alpha value is -1.59. The third-order valence-electron chi connectivity index (χ3n) is 4.46. The van der Waals surface area contributed by atoms with Crippen LogP contribution in [0.25, 0.3) is 0 Å². The Bertz CT molecular complexity index is 421. The molecule has 0 radical (unpaired) electrons. The molecule has 100 valence electrons. The second-order valence-electron chi connectivity index (χ2n) is 5.70. The molecule has 1 heterocycles. The molecule has 18 heavy (non-hydrogen) atoms. The van der Waals surface area contributed by atoms with Crippen LogP contribution in [0.3, 0.4) is 0 Å². The van der Waals surface area contributed by atoms with Gasteiger partial charge < -0.3 is 15.1 Å². The molecule has 1 aliphatic heterocycles. The van der Waals surface area contributed by atoms with Crippen LogP contribution in [0.4, 0.5) is 4.79 Å². The maximum absolute atomic E-state index is 12.1. The molecule has 1 aliphatic carbocycles. The number of ketones is 1. The highest BCUT2D eigenvalue weighted by molar-refractivity contribution is 5.91. The molecule has 1 spiro atoms. The Kier molecular flexibility index (Phi) is 2.83. The first-order chi connectivity index (χ1) is 8.29. The smallest absolute Gasteiger partial charge is 0.407 e. The Morgan fingerprint density at radius 3 is 2.33 bits per heavy atom. The van der Waals surface area contributed by atoms with E-state index in [1.807, 2.05) is 0 Å². The molecule has 6 heteroatoms. The molecule has 1 saturated heterocycles. The fourth-order valence-electron chi connectivity index (χ4n) is 3.14. The fraction of sp³-hybridized carbons (Fsp3) is 0.750. The molecule has 2 unspecified atom stereocenters. The van der Waals surface area contributed by atoms with Crippen LogP contribution in [-0.2, 0) is 9.59 Å². The Labute approximate surface area is 105 Å². The number of carbonyl (C=O) groups excluding carboxylic acids is 1. The quantitative estimate of drug-likeness (QED) is 0.734. The summed E-state index contributed by atoms with van der Waals surface area (Å²) < 4.78 is 0. The molecule has 1 amide bonds. The van der Waals surface area contributed by atoms with Gasteiger partial charge in [-0.1, -0.05) is 0 Å². The lowest BCUT2D eigenvalue weighted by molar-refractivity contribution is -0.148. The van der Waals surface area contributed by atoms with Crippen LogP contribution in [0.5, 0.6) is 0 Å². The lowest BCUT2D eigenvalue weighted by atomic mass is 9.73. The first-order valence-corrected chi connectivity index (χ1v) is 6.04. The predicted octanol–water partition coefficient (Wildman–Crippen LogP) is 1.20. The molecule has 2 atom stereocenters. The van der Waals surface area contributed by atoms with Gasteiger partial charge in [-0.15, -0.1) is 0 Å². The number of carbonyl (C=O) groups is 3. The molecule has 2 fully saturated rings. The monoisotopic (exact) mass is 255 g/mol. The third kappa shape index (κ3) is 1.85. The largest absolute Gasteiger partial charge is 0.481 e. The topological polar surface area (TPSA) is 94.9 Å². The highest BCUT2D eigenvalue weighted by atomic mass is 16.4. The number of carboxylic acids is 1. The van der Waals surface area contributed by atoms with Crippen molar-refractivity contribution >= 4 is 17.8 Å². The summed E-state index contributed by atoms with van der Waals surface area (Å²) in [4.78, 5) is 35.3. The zero-order valence-electron chi connectivity index (χ0n) is 10.3. The van der Waals surface area contributed by atoms with Gasteiger partial charge in [0.2, 0.25) is 0 Å². The van der Waals surface area contributed by atoms with E-state index in [9.17, 15) is 19.5 Å². The van der Waals surface area contributed by atoms with Gasteiger partial charge in [0, 0.05) is 12.0 Å². The second-order valence-corrected chi connectivity index (χ2v) is 5.70. The van der Waals surface area contributed by atoms with Crippen molar-refractivity contribution in [1.82, 2.24) is 4.90 Å². The molecule has 0 aromatic carbocycles. The number of aliphatic carboxylic acids is 1. The van der Waals surface area contributed by atoms with Crippen molar-refractivity contribution in [3.8, 4) is 0 Å². The number of amides is 1. The molecule has 1 saturated carbocycles.